The van der Waals surface area contributed by atoms with Gasteiger partial charge in [0, 0.05) is 12.7 Å². The number of benzene rings is 1. The van der Waals surface area contributed by atoms with Crippen LogP contribution in [0.15, 0.2) is 30.5 Å². The molecule has 102 valence electrons. The molecular weight excluding hydrogens is 254 g/mol. The van der Waals surface area contributed by atoms with E-state index in [1.165, 1.54) is 10.7 Å². The lowest BCUT2D eigenvalue weighted by Gasteiger charge is -2.07. The first kappa shape index (κ1) is 13.8. The molecule has 0 spiro atoms. The fraction of sp³-hybridized carbons (Fsp3) is 0.214. The van der Waals surface area contributed by atoms with E-state index in [1.54, 1.807) is 6.20 Å². The smallest absolute Gasteiger partial charge is 0.269 e. The van der Waals surface area contributed by atoms with Crippen LogP contribution in [-0.2, 0) is 6.54 Å². The normalized spacial score (nSPS) is 10.2. The molecule has 6 heteroatoms. The molecule has 0 saturated heterocycles. The second-order valence-corrected chi connectivity index (χ2v) is 4.25. The van der Waals surface area contributed by atoms with Gasteiger partial charge in [0.25, 0.3) is 5.91 Å². The molecule has 1 heterocycles. The highest BCUT2D eigenvalue weighted by molar-refractivity contribution is 5.90. The Balaban J connectivity index is 2.36. The molecule has 0 bridgehead atoms. The number of nitrogens with two attached hydrogens (primary N) is 1. The lowest BCUT2D eigenvalue weighted by Crippen LogP contribution is -2.13. The average molecular weight is 269 g/mol. The van der Waals surface area contributed by atoms with Crippen LogP contribution < -0.4 is 11.1 Å². The van der Waals surface area contributed by atoms with Crippen molar-refractivity contribution in [3.8, 4) is 11.8 Å². The number of aromatic nitrogens is 2. The molecule has 0 unspecified atom stereocenters. The van der Waals surface area contributed by atoms with Gasteiger partial charge in [0.05, 0.1) is 11.3 Å². The number of carbonyl (C=O) groups excluding carboxylic acids is 1. The van der Waals surface area contributed by atoms with E-state index in [-0.39, 0.29) is 5.69 Å². The van der Waals surface area contributed by atoms with Gasteiger partial charge in [-0.2, -0.15) is 10.4 Å². The third kappa shape index (κ3) is 2.84. The van der Waals surface area contributed by atoms with Gasteiger partial charge >= 0.3 is 0 Å². The summed E-state index contributed by atoms with van der Waals surface area (Å²) in [4.78, 5) is 11.0. The van der Waals surface area contributed by atoms with E-state index in [1.807, 2.05) is 25.1 Å². The van der Waals surface area contributed by atoms with Gasteiger partial charge in [0.15, 0.2) is 0 Å². The maximum Gasteiger partial charge on any atom is 0.269 e. The van der Waals surface area contributed by atoms with E-state index in [9.17, 15) is 10.1 Å². The minimum Gasteiger partial charge on any atom is -0.364 e. The molecule has 2 rings (SSSR count). The number of nitrogens with one attached hydrogen (secondary N) is 1. The highest BCUT2D eigenvalue weighted by atomic mass is 16.1. The molecule has 1 aromatic heterocycles. The molecule has 1 amide bonds. The van der Waals surface area contributed by atoms with Gasteiger partial charge in [-0.15, -0.1) is 0 Å². The van der Waals surface area contributed by atoms with Gasteiger partial charge < -0.3 is 11.1 Å². The van der Waals surface area contributed by atoms with Crippen LogP contribution in [0.3, 0.4) is 0 Å². The lowest BCUT2D eigenvalue weighted by atomic mass is 10.1. The van der Waals surface area contributed by atoms with Gasteiger partial charge in [0.1, 0.15) is 11.8 Å². The molecule has 0 aliphatic rings. The van der Waals surface area contributed by atoms with E-state index >= 15 is 0 Å². The Hall–Kier alpha value is -2.65. The number of hydrogen-bond acceptors (Lipinski definition) is 4. The van der Waals surface area contributed by atoms with Crippen molar-refractivity contribution in [2.24, 2.45) is 5.73 Å². The van der Waals surface area contributed by atoms with Gasteiger partial charge in [-0.25, -0.2) is 4.68 Å². The zero-order valence-electron chi connectivity index (χ0n) is 11.1. The van der Waals surface area contributed by atoms with Crippen LogP contribution in [0.1, 0.15) is 28.5 Å². The molecule has 0 atom stereocenters. The second-order valence-electron chi connectivity index (χ2n) is 4.25. The highest BCUT2D eigenvalue weighted by Gasteiger charge is 2.10. The van der Waals surface area contributed by atoms with Crippen LogP contribution in [0.5, 0.6) is 0 Å². The van der Waals surface area contributed by atoms with E-state index in [0.29, 0.717) is 17.8 Å². The van der Waals surface area contributed by atoms with Crippen LogP contribution in [0, 0.1) is 11.3 Å². The summed E-state index contributed by atoms with van der Waals surface area (Å²) >= 11 is 0. The Labute approximate surface area is 116 Å². The molecule has 0 saturated carbocycles. The number of nitriles is 1. The van der Waals surface area contributed by atoms with Crippen LogP contribution in [-0.4, -0.2) is 22.2 Å². The Kier molecular flexibility index (Phi) is 4.13. The quantitative estimate of drug-likeness (QED) is 0.844. The van der Waals surface area contributed by atoms with E-state index < -0.39 is 5.91 Å². The summed E-state index contributed by atoms with van der Waals surface area (Å²) in [5, 5.41) is 16.5. The number of rotatable bonds is 5. The van der Waals surface area contributed by atoms with E-state index in [2.05, 4.69) is 16.5 Å². The van der Waals surface area contributed by atoms with Crippen molar-refractivity contribution in [2.45, 2.75) is 13.5 Å². The molecule has 3 N–H and O–H groups in total. The van der Waals surface area contributed by atoms with E-state index in [4.69, 9.17) is 5.73 Å². The third-order valence-electron chi connectivity index (χ3n) is 2.85. The summed E-state index contributed by atoms with van der Waals surface area (Å²) in [6, 6.07) is 9.21. The van der Waals surface area contributed by atoms with Crippen molar-refractivity contribution in [3.05, 3.63) is 47.3 Å². The zero-order chi connectivity index (χ0) is 14.5. The summed E-state index contributed by atoms with van der Waals surface area (Å²) in [7, 11) is 0. The summed E-state index contributed by atoms with van der Waals surface area (Å²) in [5.41, 5.74) is 7.49. The molecule has 0 aliphatic carbocycles. The van der Waals surface area contributed by atoms with Gasteiger partial charge in [-0.05, 0) is 30.3 Å². The predicted octanol–water partition coefficient (Wildman–Crippen LogP) is 0.952. The fourth-order valence-corrected chi connectivity index (χ4v) is 1.84. The molecule has 0 aliphatic heterocycles. The molecular formula is C14H15N5O. The van der Waals surface area contributed by atoms with Crippen molar-refractivity contribution in [3.63, 3.8) is 0 Å². The third-order valence-corrected chi connectivity index (χ3v) is 2.85. The summed E-state index contributed by atoms with van der Waals surface area (Å²) < 4.78 is 1.48. The lowest BCUT2D eigenvalue weighted by molar-refractivity contribution is 0.0995. The molecule has 20 heavy (non-hydrogen) atoms. The second kappa shape index (κ2) is 5.99. The Bertz CT molecular complexity index is 668. The molecule has 6 nitrogen and oxygen atoms in total. The Morgan fingerprint density at radius 1 is 1.50 bits per heavy atom. The van der Waals surface area contributed by atoms with Crippen LogP contribution >= 0.6 is 0 Å². The topological polar surface area (TPSA) is 96.7 Å². The van der Waals surface area contributed by atoms with Crippen molar-refractivity contribution < 1.29 is 4.79 Å². The Morgan fingerprint density at radius 2 is 2.30 bits per heavy atom. The van der Waals surface area contributed by atoms with Crippen LogP contribution in [0.4, 0.5) is 0 Å². The first-order valence-corrected chi connectivity index (χ1v) is 6.25. The minimum atomic E-state index is -0.592. The van der Waals surface area contributed by atoms with Gasteiger partial charge in [-0.1, -0.05) is 13.0 Å². The van der Waals surface area contributed by atoms with Crippen molar-refractivity contribution in [1.29, 1.82) is 5.26 Å². The molecule has 1 aromatic carbocycles. The number of amides is 1. The fourth-order valence-electron chi connectivity index (χ4n) is 1.84. The SMILES string of the molecule is CCNCc1ccc(-n2ccc(C(N)=O)n2)c(C#N)c1. The maximum absolute atomic E-state index is 11.0. The standard InChI is InChI=1S/C14H15N5O/c1-2-17-9-10-3-4-13(11(7-10)8-15)19-6-5-12(18-19)14(16)20/h3-7,17H,2,9H2,1H3,(H2,16,20). The van der Waals surface area contributed by atoms with Gasteiger partial charge in [-0.3, -0.25) is 4.79 Å². The molecule has 2 aromatic rings. The average Bonchev–Trinajstić information content (AvgIpc) is 2.94. The van der Waals surface area contributed by atoms with E-state index in [0.717, 1.165) is 12.1 Å². The predicted molar refractivity (Wildman–Crippen MR) is 74.2 cm³/mol. The first-order valence-electron chi connectivity index (χ1n) is 6.25. The number of carbonyl (C=O) groups is 1. The van der Waals surface area contributed by atoms with Crippen molar-refractivity contribution in [1.82, 2.24) is 15.1 Å². The first-order chi connectivity index (χ1) is 9.65. The van der Waals surface area contributed by atoms with Crippen LogP contribution in [0.25, 0.3) is 5.69 Å². The van der Waals surface area contributed by atoms with Gasteiger partial charge in [0.2, 0.25) is 0 Å². The Morgan fingerprint density at radius 3 is 2.90 bits per heavy atom. The summed E-state index contributed by atoms with van der Waals surface area (Å²) in [5.74, 6) is -0.592. The number of hydrogen-bond donors (Lipinski definition) is 2. The monoisotopic (exact) mass is 269 g/mol. The van der Waals surface area contributed by atoms with Crippen LogP contribution in [0.2, 0.25) is 0 Å². The van der Waals surface area contributed by atoms with Crippen molar-refractivity contribution in [2.75, 3.05) is 6.54 Å². The highest BCUT2D eigenvalue weighted by Crippen LogP contribution is 2.16. The van der Waals surface area contributed by atoms with Crippen molar-refractivity contribution >= 4 is 5.91 Å². The summed E-state index contributed by atoms with van der Waals surface area (Å²) in [6.07, 6.45) is 1.61. The molecule has 0 fully saturated rings. The zero-order valence-corrected chi connectivity index (χ0v) is 11.1. The number of nitrogens with zero attached hydrogens (tertiary/aromatic N) is 3. The maximum atomic E-state index is 11.0. The molecule has 0 radical (unpaired) electrons. The summed E-state index contributed by atoms with van der Waals surface area (Å²) in [6.45, 7) is 3.59. The largest absolute Gasteiger partial charge is 0.364 e. The minimum absolute atomic E-state index is 0.172. The number of primary amides is 1.